The minimum absolute atomic E-state index is 0.0147. The molecule has 0 N–H and O–H groups in total. The fourth-order valence-corrected chi connectivity index (χ4v) is 3.59. The maximum atomic E-state index is 12.7. The predicted molar refractivity (Wildman–Crippen MR) is 94.6 cm³/mol. The van der Waals surface area contributed by atoms with Gasteiger partial charge in [-0.1, -0.05) is 30.3 Å². The summed E-state index contributed by atoms with van der Waals surface area (Å²) in [4.78, 5) is 47.5. The van der Waals surface area contributed by atoms with Gasteiger partial charge in [0.25, 0.3) is 5.91 Å². The normalized spacial score (nSPS) is 24.6. The van der Waals surface area contributed by atoms with E-state index in [2.05, 4.69) is 4.99 Å². The number of urea groups is 1. The first-order valence-electron chi connectivity index (χ1n) is 8.35. The van der Waals surface area contributed by atoms with Crippen molar-refractivity contribution in [3.05, 3.63) is 42.1 Å². The number of imide groups is 1. The molecule has 26 heavy (non-hydrogen) atoms. The predicted octanol–water partition coefficient (Wildman–Crippen LogP) is 0.780. The van der Waals surface area contributed by atoms with Gasteiger partial charge in [-0.25, -0.2) is 9.79 Å². The Balaban J connectivity index is 1.78. The van der Waals surface area contributed by atoms with Crippen LogP contribution < -0.4 is 0 Å². The maximum Gasteiger partial charge on any atom is 0.328 e. The number of carbonyl (C=O) groups is 3. The zero-order valence-electron chi connectivity index (χ0n) is 14.8. The van der Waals surface area contributed by atoms with Crippen LogP contribution in [0.3, 0.4) is 0 Å². The number of rotatable bonds is 3. The van der Waals surface area contributed by atoms with Gasteiger partial charge in [0.15, 0.2) is 12.2 Å². The molecule has 3 amide bonds. The lowest BCUT2D eigenvalue weighted by atomic mass is 10.1. The topological polar surface area (TPSA) is 76.5 Å². The second-order valence-electron chi connectivity index (χ2n) is 6.65. The second-order valence-corrected chi connectivity index (χ2v) is 6.65. The molecule has 1 saturated heterocycles. The number of ketones is 1. The molecule has 0 radical (unpaired) electrons. The Bertz CT molecular complexity index is 863. The van der Waals surface area contributed by atoms with Crippen LogP contribution in [-0.2, 0) is 9.59 Å². The Morgan fingerprint density at radius 1 is 1.15 bits per heavy atom. The van der Waals surface area contributed by atoms with Crippen molar-refractivity contribution in [2.75, 3.05) is 20.6 Å². The van der Waals surface area contributed by atoms with E-state index >= 15 is 0 Å². The number of likely N-dealkylation sites (N-methyl/N-ethyl adjacent to an activating group) is 2. The molecule has 4 rings (SSSR count). The molecule has 3 aliphatic heterocycles. The molecule has 1 aromatic rings. The highest BCUT2D eigenvalue weighted by molar-refractivity contribution is 6.07. The van der Waals surface area contributed by atoms with Crippen molar-refractivity contribution in [2.24, 2.45) is 4.99 Å². The van der Waals surface area contributed by atoms with Crippen LogP contribution in [0.2, 0.25) is 0 Å². The van der Waals surface area contributed by atoms with Gasteiger partial charge in [-0.15, -0.1) is 0 Å². The van der Waals surface area contributed by atoms with Crippen molar-refractivity contribution >= 4 is 29.4 Å². The van der Waals surface area contributed by atoms with Gasteiger partial charge in [0.1, 0.15) is 5.78 Å². The van der Waals surface area contributed by atoms with E-state index in [0.29, 0.717) is 5.96 Å². The Morgan fingerprint density at radius 2 is 1.85 bits per heavy atom. The van der Waals surface area contributed by atoms with Gasteiger partial charge < -0.3 is 14.7 Å². The van der Waals surface area contributed by atoms with Gasteiger partial charge in [0, 0.05) is 20.3 Å². The fourth-order valence-electron chi connectivity index (χ4n) is 3.59. The number of nitrogens with zero attached hydrogens (tertiary/aromatic N) is 5. The highest BCUT2D eigenvalue weighted by atomic mass is 16.2. The van der Waals surface area contributed by atoms with Crippen molar-refractivity contribution in [3.63, 3.8) is 0 Å². The smallest absolute Gasteiger partial charge is 0.303 e. The molecule has 0 spiro atoms. The zero-order chi connectivity index (χ0) is 18.6. The van der Waals surface area contributed by atoms with Crippen molar-refractivity contribution < 1.29 is 14.4 Å². The van der Waals surface area contributed by atoms with Gasteiger partial charge in [0.2, 0.25) is 5.96 Å². The molecule has 8 heteroatoms. The van der Waals surface area contributed by atoms with Crippen LogP contribution >= 0.6 is 0 Å². The van der Waals surface area contributed by atoms with E-state index in [0.717, 1.165) is 16.2 Å². The molecule has 134 valence electrons. The molecule has 2 unspecified atom stereocenters. The Kier molecular flexibility index (Phi) is 3.57. The molecule has 1 aromatic carbocycles. The van der Waals surface area contributed by atoms with Crippen LogP contribution in [-0.4, -0.2) is 76.1 Å². The van der Waals surface area contributed by atoms with Gasteiger partial charge in [-0.3, -0.25) is 14.5 Å². The van der Waals surface area contributed by atoms with E-state index in [9.17, 15) is 14.4 Å². The third-order valence-electron chi connectivity index (χ3n) is 4.87. The summed E-state index contributed by atoms with van der Waals surface area (Å²) in [6, 6.07) is 8.65. The van der Waals surface area contributed by atoms with Gasteiger partial charge >= 0.3 is 6.03 Å². The summed E-state index contributed by atoms with van der Waals surface area (Å²) in [6.45, 7) is 1.67. The molecular formula is C18H19N5O3. The van der Waals surface area contributed by atoms with Crippen LogP contribution in [0.1, 0.15) is 12.5 Å². The Hall–Kier alpha value is -3.16. The van der Waals surface area contributed by atoms with E-state index < -0.39 is 12.2 Å². The van der Waals surface area contributed by atoms with Crippen LogP contribution in [0.15, 0.2) is 41.5 Å². The molecule has 2 atom stereocenters. The van der Waals surface area contributed by atoms with Gasteiger partial charge in [-0.05, 0) is 12.5 Å². The summed E-state index contributed by atoms with van der Waals surface area (Å²) in [6.07, 6.45) is 1.25. The Labute approximate surface area is 151 Å². The van der Waals surface area contributed by atoms with E-state index in [1.807, 2.05) is 41.4 Å². The first-order valence-corrected chi connectivity index (χ1v) is 8.35. The SMILES string of the molecule is CC(=O)CN1C(c2ccccc2)=CN2C1=NC1C2C(=O)N(C)C(=O)N1C. The molecule has 0 bridgehead atoms. The number of hydrogen-bond acceptors (Lipinski definition) is 6. The quantitative estimate of drug-likeness (QED) is 0.803. The van der Waals surface area contributed by atoms with Crippen LogP contribution in [0.5, 0.6) is 0 Å². The number of Topliss-reactive ketones (excluding diaryl/α,β-unsaturated/α-hetero) is 1. The first kappa shape index (κ1) is 16.3. The van der Waals surface area contributed by atoms with Gasteiger partial charge in [0.05, 0.1) is 12.2 Å². The number of carbonyl (C=O) groups excluding carboxylic acids is 3. The standard InChI is InChI=1S/C18H19N5O3/c1-11(24)9-22-13(12-7-5-4-6-8-12)10-23-14-15(19-17(22)23)20(2)18(26)21(3)16(14)25/h4-8,10,14-15H,9H2,1-3H3. The molecule has 3 aliphatic rings. The summed E-state index contributed by atoms with van der Waals surface area (Å²) in [7, 11) is 3.10. The average Bonchev–Trinajstić information content (AvgIpc) is 3.16. The number of benzene rings is 1. The molecule has 3 heterocycles. The minimum Gasteiger partial charge on any atom is -0.303 e. The summed E-state index contributed by atoms with van der Waals surface area (Å²) in [5.74, 6) is 0.210. The second kappa shape index (κ2) is 5.69. The average molecular weight is 353 g/mol. The largest absolute Gasteiger partial charge is 0.328 e. The third-order valence-corrected chi connectivity index (χ3v) is 4.87. The summed E-state index contributed by atoms with van der Waals surface area (Å²) in [5, 5.41) is 0. The van der Waals surface area contributed by atoms with Crippen molar-refractivity contribution in [1.82, 2.24) is 19.6 Å². The minimum atomic E-state index is -0.617. The summed E-state index contributed by atoms with van der Waals surface area (Å²) < 4.78 is 0. The van der Waals surface area contributed by atoms with Crippen molar-refractivity contribution in [3.8, 4) is 0 Å². The van der Waals surface area contributed by atoms with E-state index in [-0.39, 0.29) is 24.3 Å². The summed E-state index contributed by atoms with van der Waals surface area (Å²) >= 11 is 0. The van der Waals surface area contributed by atoms with Crippen LogP contribution in [0, 0.1) is 0 Å². The lowest BCUT2D eigenvalue weighted by molar-refractivity contribution is -0.135. The molecule has 0 aliphatic carbocycles. The zero-order valence-corrected chi connectivity index (χ0v) is 14.8. The van der Waals surface area contributed by atoms with Gasteiger partial charge in [-0.2, -0.15) is 0 Å². The van der Waals surface area contributed by atoms with E-state index in [1.165, 1.54) is 18.9 Å². The van der Waals surface area contributed by atoms with Crippen LogP contribution in [0.4, 0.5) is 4.79 Å². The molecule has 0 saturated carbocycles. The van der Waals surface area contributed by atoms with Crippen molar-refractivity contribution in [1.29, 1.82) is 0 Å². The maximum absolute atomic E-state index is 12.7. The fraction of sp³-hybridized carbons (Fsp3) is 0.333. The number of amides is 3. The number of aliphatic imine (C=N–C) groups is 1. The number of hydrogen-bond donors (Lipinski definition) is 0. The first-order chi connectivity index (χ1) is 12.4. The van der Waals surface area contributed by atoms with Crippen LogP contribution in [0.25, 0.3) is 5.70 Å². The lowest BCUT2D eigenvalue weighted by Gasteiger charge is -2.38. The highest BCUT2D eigenvalue weighted by Gasteiger charge is 2.53. The molecular weight excluding hydrogens is 334 g/mol. The molecule has 0 aromatic heterocycles. The molecule has 1 fully saturated rings. The third kappa shape index (κ3) is 2.22. The Morgan fingerprint density at radius 3 is 2.50 bits per heavy atom. The monoisotopic (exact) mass is 353 g/mol. The summed E-state index contributed by atoms with van der Waals surface area (Å²) in [5.41, 5.74) is 1.75. The number of fused-ring (bicyclic) bond motifs is 3. The highest BCUT2D eigenvalue weighted by Crippen LogP contribution is 2.36. The molecule has 8 nitrogen and oxygen atoms in total. The number of guanidine groups is 1. The van der Waals surface area contributed by atoms with E-state index in [1.54, 1.807) is 11.9 Å². The van der Waals surface area contributed by atoms with E-state index in [4.69, 9.17) is 0 Å². The lowest BCUT2D eigenvalue weighted by Crippen LogP contribution is -2.63. The van der Waals surface area contributed by atoms with Crippen molar-refractivity contribution in [2.45, 2.75) is 19.1 Å².